The predicted molar refractivity (Wildman–Crippen MR) is 121 cm³/mol. The van der Waals surface area contributed by atoms with Crippen LogP contribution in [-0.4, -0.2) is 46.6 Å². The van der Waals surface area contributed by atoms with Gasteiger partial charge in [-0.05, 0) is 55.2 Å². The summed E-state index contributed by atoms with van der Waals surface area (Å²) in [5.74, 6) is -1.18. The second kappa shape index (κ2) is 8.97. The maximum absolute atomic E-state index is 14.3. The van der Waals surface area contributed by atoms with Crippen molar-refractivity contribution >= 4 is 11.6 Å². The van der Waals surface area contributed by atoms with E-state index >= 15 is 0 Å². The molecule has 4 aromatic rings. The van der Waals surface area contributed by atoms with Crippen molar-refractivity contribution in [1.29, 1.82) is 0 Å². The Morgan fingerprint density at radius 1 is 1.06 bits per heavy atom. The topological polar surface area (TPSA) is 59.7 Å². The van der Waals surface area contributed by atoms with Crippen LogP contribution in [0.2, 0.25) is 0 Å². The second-order valence-electron chi connectivity index (χ2n) is 8.06. The third kappa shape index (κ3) is 4.28. The van der Waals surface area contributed by atoms with Gasteiger partial charge in [-0.15, -0.1) is 10.2 Å². The molecule has 4 rings (SSSR count). The monoisotopic (exact) mass is 450 g/mol. The minimum absolute atomic E-state index is 0.0592. The number of benzene rings is 2. The van der Waals surface area contributed by atoms with Gasteiger partial charge in [0.2, 0.25) is 0 Å². The van der Waals surface area contributed by atoms with Crippen LogP contribution in [0.3, 0.4) is 0 Å². The number of carbonyl (C=O) groups excluding carboxylic acids is 1. The summed E-state index contributed by atoms with van der Waals surface area (Å²) in [4.78, 5) is 13.8. The summed E-state index contributed by atoms with van der Waals surface area (Å²) in [5.41, 5.74) is 5.24. The van der Waals surface area contributed by atoms with Gasteiger partial charge in [0, 0.05) is 48.6 Å². The number of halogens is 2. The Balaban J connectivity index is 1.67. The minimum atomic E-state index is -0.674. The number of aryl methyl sites for hydroxylation is 2. The SMILES string of the molecule is COc1cc(F)cc(F)c1CCc1ccc(-c2ccc(C(=O)N(C)C)cc2C)c2nncn12. The number of carbonyl (C=O) groups is 1. The quantitative estimate of drug-likeness (QED) is 0.435. The number of hydrogen-bond acceptors (Lipinski definition) is 4. The average Bonchev–Trinajstić information content (AvgIpc) is 3.28. The third-order valence-corrected chi connectivity index (χ3v) is 5.68. The highest BCUT2D eigenvalue weighted by molar-refractivity contribution is 5.95. The van der Waals surface area contributed by atoms with Crippen molar-refractivity contribution in [3.05, 3.63) is 82.8 Å². The summed E-state index contributed by atoms with van der Waals surface area (Å²) in [6, 6.07) is 11.5. The van der Waals surface area contributed by atoms with Crippen LogP contribution in [0, 0.1) is 18.6 Å². The number of hydrogen-bond donors (Lipinski definition) is 0. The summed E-state index contributed by atoms with van der Waals surface area (Å²) in [7, 11) is 4.83. The van der Waals surface area contributed by atoms with Crippen molar-refractivity contribution in [3.8, 4) is 16.9 Å². The van der Waals surface area contributed by atoms with E-state index in [4.69, 9.17) is 4.74 Å². The Kier molecular flexibility index (Phi) is 6.09. The summed E-state index contributed by atoms with van der Waals surface area (Å²) < 4.78 is 34.9. The van der Waals surface area contributed by atoms with E-state index in [2.05, 4.69) is 10.2 Å². The lowest BCUT2D eigenvalue weighted by molar-refractivity contribution is 0.0827. The van der Waals surface area contributed by atoms with Crippen molar-refractivity contribution in [2.75, 3.05) is 21.2 Å². The van der Waals surface area contributed by atoms with E-state index in [0.717, 1.165) is 28.5 Å². The van der Waals surface area contributed by atoms with Crippen LogP contribution in [0.15, 0.2) is 48.8 Å². The molecule has 0 unspecified atom stereocenters. The molecule has 6 nitrogen and oxygen atoms in total. The van der Waals surface area contributed by atoms with Gasteiger partial charge in [0.25, 0.3) is 5.91 Å². The van der Waals surface area contributed by atoms with Gasteiger partial charge in [-0.2, -0.15) is 0 Å². The summed E-state index contributed by atoms with van der Waals surface area (Å²) in [5, 5.41) is 8.36. The Morgan fingerprint density at radius 3 is 2.52 bits per heavy atom. The summed E-state index contributed by atoms with van der Waals surface area (Å²) in [6.07, 6.45) is 2.41. The molecule has 0 atom stereocenters. The molecule has 0 radical (unpaired) electrons. The van der Waals surface area contributed by atoms with E-state index in [1.165, 1.54) is 13.2 Å². The number of pyridine rings is 1. The lowest BCUT2D eigenvalue weighted by Crippen LogP contribution is -2.21. The van der Waals surface area contributed by atoms with Crippen LogP contribution in [0.1, 0.15) is 27.2 Å². The van der Waals surface area contributed by atoms with Crippen LogP contribution < -0.4 is 4.74 Å². The van der Waals surface area contributed by atoms with Crippen LogP contribution in [0.4, 0.5) is 8.78 Å². The number of methoxy groups -OCH3 is 1. The Labute approximate surface area is 190 Å². The van der Waals surface area contributed by atoms with E-state index in [0.29, 0.717) is 29.6 Å². The molecule has 2 aromatic carbocycles. The third-order valence-electron chi connectivity index (χ3n) is 5.68. The van der Waals surface area contributed by atoms with Gasteiger partial charge in [0.15, 0.2) is 5.65 Å². The normalized spacial score (nSPS) is 11.1. The molecule has 0 aliphatic rings. The highest BCUT2D eigenvalue weighted by atomic mass is 19.1. The first-order valence-electron chi connectivity index (χ1n) is 10.5. The molecule has 0 spiro atoms. The number of nitrogens with zero attached hydrogens (tertiary/aromatic N) is 4. The molecule has 0 N–H and O–H groups in total. The standard InChI is InChI=1S/C25H24F2N4O2/c1-15-11-16(25(32)30(2)3)5-8-19(15)20-9-6-18(31-14-28-29-24(20)31)7-10-21-22(27)12-17(26)13-23(21)33-4/h5-6,8-9,11-14H,7,10H2,1-4H3. The molecule has 0 saturated heterocycles. The van der Waals surface area contributed by atoms with Gasteiger partial charge >= 0.3 is 0 Å². The minimum Gasteiger partial charge on any atom is -0.496 e. The first-order chi connectivity index (χ1) is 15.8. The summed E-state index contributed by atoms with van der Waals surface area (Å²) in [6.45, 7) is 1.95. The van der Waals surface area contributed by atoms with E-state index in [1.54, 1.807) is 31.4 Å². The Morgan fingerprint density at radius 2 is 1.82 bits per heavy atom. The fraction of sp³-hybridized carbons (Fsp3) is 0.240. The van der Waals surface area contributed by atoms with Gasteiger partial charge in [-0.3, -0.25) is 9.20 Å². The molecule has 8 heteroatoms. The molecule has 0 fully saturated rings. The highest BCUT2D eigenvalue weighted by Gasteiger charge is 2.16. The fourth-order valence-corrected chi connectivity index (χ4v) is 3.99. The number of fused-ring (bicyclic) bond motifs is 1. The lowest BCUT2D eigenvalue weighted by atomic mass is 9.98. The largest absolute Gasteiger partial charge is 0.496 e. The molecule has 2 aromatic heterocycles. The van der Waals surface area contributed by atoms with Gasteiger partial charge in [-0.25, -0.2) is 8.78 Å². The predicted octanol–water partition coefficient (Wildman–Crippen LogP) is 4.48. The zero-order chi connectivity index (χ0) is 23.7. The van der Waals surface area contributed by atoms with Crippen LogP contribution >= 0.6 is 0 Å². The average molecular weight is 450 g/mol. The van der Waals surface area contributed by atoms with Crippen molar-refractivity contribution in [2.45, 2.75) is 19.8 Å². The lowest BCUT2D eigenvalue weighted by Gasteiger charge is -2.14. The Hall–Kier alpha value is -3.81. The number of aromatic nitrogens is 3. The molecule has 170 valence electrons. The molecular formula is C25H24F2N4O2. The van der Waals surface area contributed by atoms with E-state index in [1.807, 2.05) is 35.6 Å². The second-order valence-corrected chi connectivity index (χ2v) is 8.06. The van der Waals surface area contributed by atoms with Crippen molar-refractivity contribution < 1.29 is 18.3 Å². The van der Waals surface area contributed by atoms with E-state index in [-0.39, 0.29) is 11.7 Å². The zero-order valence-corrected chi connectivity index (χ0v) is 18.9. The van der Waals surface area contributed by atoms with Crippen molar-refractivity contribution in [1.82, 2.24) is 19.5 Å². The van der Waals surface area contributed by atoms with Gasteiger partial charge < -0.3 is 9.64 Å². The maximum atomic E-state index is 14.3. The van der Waals surface area contributed by atoms with Gasteiger partial charge in [0.1, 0.15) is 23.7 Å². The number of rotatable bonds is 6. The molecule has 0 aliphatic carbocycles. The smallest absolute Gasteiger partial charge is 0.253 e. The van der Waals surface area contributed by atoms with E-state index in [9.17, 15) is 13.6 Å². The van der Waals surface area contributed by atoms with Crippen molar-refractivity contribution in [2.24, 2.45) is 0 Å². The van der Waals surface area contributed by atoms with Crippen LogP contribution in [0.5, 0.6) is 5.75 Å². The molecular weight excluding hydrogens is 426 g/mol. The first-order valence-corrected chi connectivity index (χ1v) is 10.5. The fourth-order valence-electron chi connectivity index (χ4n) is 3.99. The van der Waals surface area contributed by atoms with Gasteiger partial charge in [0.05, 0.1) is 7.11 Å². The zero-order valence-electron chi connectivity index (χ0n) is 18.9. The molecule has 0 bridgehead atoms. The molecule has 2 heterocycles. The number of amides is 1. The molecule has 1 amide bonds. The molecule has 0 saturated carbocycles. The van der Waals surface area contributed by atoms with Crippen molar-refractivity contribution in [3.63, 3.8) is 0 Å². The number of ether oxygens (including phenoxy) is 1. The van der Waals surface area contributed by atoms with E-state index < -0.39 is 11.6 Å². The highest BCUT2D eigenvalue weighted by Crippen LogP contribution is 2.30. The maximum Gasteiger partial charge on any atom is 0.253 e. The first kappa shape index (κ1) is 22.4. The molecule has 33 heavy (non-hydrogen) atoms. The summed E-state index contributed by atoms with van der Waals surface area (Å²) >= 11 is 0. The van der Waals surface area contributed by atoms with Crippen LogP contribution in [-0.2, 0) is 12.8 Å². The Bertz CT molecular complexity index is 1350. The van der Waals surface area contributed by atoms with Gasteiger partial charge in [-0.1, -0.05) is 6.07 Å². The molecule has 0 aliphatic heterocycles. The van der Waals surface area contributed by atoms with Crippen LogP contribution in [0.25, 0.3) is 16.8 Å².